The Bertz CT molecular complexity index is 638. The van der Waals surface area contributed by atoms with Crippen molar-refractivity contribution < 1.29 is 9.18 Å². The van der Waals surface area contributed by atoms with Gasteiger partial charge >= 0.3 is 0 Å². The molecule has 4 nitrogen and oxygen atoms in total. The third kappa shape index (κ3) is 3.29. The Labute approximate surface area is 123 Å². The summed E-state index contributed by atoms with van der Waals surface area (Å²) in [7, 11) is 0. The fourth-order valence-electron chi connectivity index (χ4n) is 2.73. The second-order valence-corrected chi connectivity index (χ2v) is 5.39. The SMILES string of the molecule is O=C(CCc1ccccc1F)N[C@H]1CCc2nccn2C1. The zero-order valence-electron chi connectivity index (χ0n) is 11.8. The number of carbonyl (C=O) groups is 1. The van der Waals surface area contributed by atoms with Gasteiger partial charge < -0.3 is 9.88 Å². The van der Waals surface area contributed by atoms with E-state index in [1.165, 1.54) is 6.07 Å². The standard InChI is InChI=1S/C16H18FN3O/c17-14-4-2-1-3-12(14)5-8-16(21)19-13-6-7-15-18-9-10-20(15)11-13/h1-4,9-10,13H,5-8,11H2,(H,19,21)/t13-/m0/s1. The van der Waals surface area contributed by atoms with Gasteiger partial charge in [0.1, 0.15) is 11.6 Å². The minimum Gasteiger partial charge on any atom is -0.352 e. The molecule has 1 aliphatic rings. The molecule has 0 unspecified atom stereocenters. The number of hydrogen-bond donors (Lipinski definition) is 1. The topological polar surface area (TPSA) is 46.9 Å². The van der Waals surface area contributed by atoms with Gasteiger partial charge in [-0.05, 0) is 24.5 Å². The first-order valence-electron chi connectivity index (χ1n) is 7.25. The maximum atomic E-state index is 13.5. The smallest absolute Gasteiger partial charge is 0.220 e. The summed E-state index contributed by atoms with van der Waals surface area (Å²) < 4.78 is 15.6. The molecule has 1 N–H and O–H groups in total. The summed E-state index contributed by atoms with van der Waals surface area (Å²) in [6.45, 7) is 0.765. The van der Waals surface area contributed by atoms with Crippen LogP contribution >= 0.6 is 0 Å². The van der Waals surface area contributed by atoms with Gasteiger partial charge in [0.2, 0.25) is 5.91 Å². The summed E-state index contributed by atoms with van der Waals surface area (Å²) in [6.07, 6.45) is 6.26. The van der Waals surface area contributed by atoms with Crippen LogP contribution in [0.5, 0.6) is 0 Å². The van der Waals surface area contributed by atoms with Crippen LogP contribution in [0.25, 0.3) is 0 Å². The monoisotopic (exact) mass is 287 g/mol. The van der Waals surface area contributed by atoms with Crippen LogP contribution in [0.1, 0.15) is 24.2 Å². The Kier molecular flexibility index (Phi) is 3.99. The lowest BCUT2D eigenvalue weighted by Gasteiger charge is -2.24. The van der Waals surface area contributed by atoms with Crippen LogP contribution < -0.4 is 5.32 Å². The molecule has 0 saturated heterocycles. The first kappa shape index (κ1) is 13.8. The Hall–Kier alpha value is -2.17. The minimum atomic E-state index is -0.244. The molecule has 21 heavy (non-hydrogen) atoms. The van der Waals surface area contributed by atoms with E-state index in [2.05, 4.69) is 14.9 Å². The second-order valence-electron chi connectivity index (χ2n) is 5.39. The third-order valence-electron chi connectivity index (χ3n) is 3.88. The highest BCUT2D eigenvalue weighted by Crippen LogP contribution is 2.14. The molecule has 1 aliphatic heterocycles. The summed E-state index contributed by atoms with van der Waals surface area (Å²) in [4.78, 5) is 16.3. The average Bonchev–Trinajstić information content (AvgIpc) is 2.94. The largest absolute Gasteiger partial charge is 0.352 e. The lowest BCUT2D eigenvalue weighted by Crippen LogP contribution is -2.41. The number of aromatic nitrogens is 2. The number of amides is 1. The summed E-state index contributed by atoms with van der Waals surface area (Å²) in [5.74, 6) is 0.810. The summed E-state index contributed by atoms with van der Waals surface area (Å²) in [6, 6.07) is 6.73. The van der Waals surface area contributed by atoms with Crippen molar-refractivity contribution in [3.63, 3.8) is 0 Å². The molecular weight excluding hydrogens is 269 g/mol. The van der Waals surface area contributed by atoms with E-state index in [-0.39, 0.29) is 17.8 Å². The van der Waals surface area contributed by atoms with Gasteiger partial charge in [-0.3, -0.25) is 4.79 Å². The van der Waals surface area contributed by atoms with Crippen molar-refractivity contribution in [2.24, 2.45) is 0 Å². The number of fused-ring (bicyclic) bond motifs is 1. The van der Waals surface area contributed by atoms with Crippen LogP contribution in [0.15, 0.2) is 36.7 Å². The Balaban J connectivity index is 1.50. The Morgan fingerprint density at radius 1 is 1.43 bits per heavy atom. The molecule has 3 rings (SSSR count). The lowest BCUT2D eigenvalue weighted by atomic mass is 10.1. The molecule has 1 amide bonds. The van der Waals surface area contributed by atoms with Crippen molar-refractivity contribution in [2.45, 2.75) is 38.3 Å². The van der Waals surface area contributed by atoms with Crippen LogP contribution in [0.2, 0.25) is 0 Å². The van der Waals surface area contributed by atoms with E-state index in [4.69, 9.17) is 0 Å². The molecule has 2 heterocycles. The number of halogens is 1. The number of rotatable bonds is 4. The highest BCUT2D eigenvalue weighted by Gasteiger charge is 2.20. The normalized spacial score (nSPS) is 17.3. The zero-order chi connectivity index (χ0) is 14.7. The number of nitrogens with zero attached hydrogens (tertiary/aromatic N) is 2. The number of carbonyl (C=O) groups excluding carboxylic acids is 1. The fraction of sp³-hybridized carbons (Fsp3) is 0.375. The summed E-state index contributed by atoms with van der Waals surface area (Å²) in [5.41, 5.74) is 0.591. The van der Waals surface area contributed by atoms with Gasteiger partial charge in [0.25, 0.3) is 0 Å². The fourth-order valence-corrected chi connectivity index (χ4v) is 2.73. The molecule has 0 saturated carbocycles. The summed E-state index contributed by atoms with van der Waals surface area (Å²) >= 11 is 0. The van der Waals surface area contributed by atoms with Crippen molar-refractivity contribution in [1.29, 1.82) is 0 Å². The van der Waals surface area contributed by atoms with Gasteiger partial charge in [-0.1, -0.05) is 18.2 Å². The minimum absolute atomic E-state index is 0.0215. The van der Waals surface area contributed by atoms with Crippen LogP contribution in [0.3, 0.4) is 0 Å². The van der Waals surface area contributed by atoms with Crippen LogP contribution in [0.4, 0.5) is 4.39 Å². The van der Waals surface area contributed by atoms with E-state index in [1.54, 1.807) is 24.4 Å². The maximum absolute atomic E-state index is 13.5. The van der Waals surface area contributed by atoms with Crippen LogP contribution in [-0.4, -0.2) is 21.5 Å². The van der Waals surface area contributed by atoms with Crippen LogP contribution in [-0.2, 0) is 24.2 Å². The molecule has 1 aromatic carbocycles. The molecule has 0 spiro atoms. The first-order valence-corrected chi connectivity index (χ1v) is 7.25. The predicted molar refractivity (Wildman–Crippen MR) is 77.2 cm³/mol. The molecule has 0 bridgehead atoms. The van der Waals surface area contributed by atoms with Crippen molar-refractivity contribution in [3.05, 3.63) is 53.9 Å². The molecular formula is C16H18FN3O. The van der Waals surface area contributed by atoms with Gasteiger partial charge in [0, 0.05) is 37.8 Å². The molecule has 1 aromatic heterocycles. The number of hydrogen-bond acceptors (Lipinski definition) is 2. The van der Waals surface area contributed by atoms with E-state index < -0.39 is 0 Å². The van der Waals surface area contributed by atoms with E-state index in [0.717, 1.165) is 25.2 Å². The van der Waals surface area contributed by atoms with Crippen LogP contribution in [0, 0.1) is 5.82 Å². The molecule has 0 radical (unpaired) electrons. The van der Waals surface area contributed by atoms with E-state index in [9.17, 15) is 9.18 Å². The number of aryl methyl sites for hydroxylation is 2. The van der Waals surface area contributed by atoms with Crippen molar-refractivity contribution in [1.82, 2.24) is 14.9 Å². The van der Waals surface area contributed by atoms with Crippen molar-refractivity contribution >= 4 is 5.91 Å². The van der Waals surface area contributed by atoms with Gasteiger partial charge in [-0.15, -0.1) is 0 Å². The molecule has 1 atom stereocenters. The van der Waals surface area contributed by atoms with Crippen molar-refractivity contribution in [3.8, 4) is 0 Å². The molecule has 0 fully saturated rings. The van der Waals surface area contributed by atoms with E-state index >= 15 is 0 Å². The molecule has 0 aliphatic carbocycles. The van der Waals surface area contributed by atoms with Crippen molar-refractivity contribution in [2.75, 3.05) is 0 Å². The predicted octanol–water partition coefficient (Wildman–Crippen LogP) is 2.09. The molecule has 2 aromatic rings. The van der Waals surface area contributed by atoms with Gasteiger partial charge in [0.05, 0.1) is 0 Å². The zero-order valence-corrected chi connectivity index (χ0v) is 11.8. The van der Waals surface area contributed by atoms with E-state index in [0.29, 0.717) is 18.4 Å². The average molecular weight is 287 g/mol. The van der Waals surface area contributed by atoms with E-state index in [1.807, 2.05) is 6.20 Å². The Morgan fingerprint density at radius 2 is 2.29 bits per heavy atom. The van der Waals surface area contributed by atoms with Gasteiger partial charge in [-0.2, -0.15) is 0 Å². The van der Waals surface area contributed by atoms with Gasteiger partial charge in [-0.25, -0.2) is 9.37 Å². The second kappa shape index (κ2) is 6.08. The quantitative estimate of drug-likeness (QED) is 0.936. The number of imidazole rings is 1. The lowest BCUT2D eigenvalue weighted by molar-refractivity contribution is -0.122. The molecule has 5 heteroatoms. The third-order valence-corrected chi connectivity index (χ3v) is 3.88. The number of nitrogens with one attached hydrogen (secondary N) is 1. The van der Waals surface area contributed by atoms with Gasteiger partial charge in [0.15, 0.2) is 0 Å². The highest BCUT2D eigenvalue weighted by atomic mass is 19.1. The summed E-state index contributed by atoms with van der Waals surface area (Å²) in [5, 5.41) is 3.03. The highest BCUT2D eigenvalue weighted by molar-refractivity contribution is 5.76. The maximum Gasteiger partial charge on any atom is 0.220 e. The first-order chi connectivity index (χ1) is 10.2. The number of benzene rings is 1. The molecule has 110 valence electrons. The Morgan fingerprint density at radius 3 is 3.14 bits per heavy atom.